The summed E-state index contributed by atoms with van der Waals surface area (Å²) >= 11 is 1.23. The SMILES string of the molecule is CCSC(=O)C[C@@]1(C(=O)OC2C(OC)=C[C@@]34CCCN3CCc3cc5c(cc3[C@H]24)OCO5)CCCC(C)(C)O1. The number of ether oxygens (including phenoxy) is 5. The number of thioether (sulfide) groups is 1. The number of rotatable bonds is 6. The highest BCUT2D eigenvalue weighted by atomic mass is 32.2. The summed E-state index contributed by atoms with van der Waals surface area (Å²) in [6.45, 7) is 8.00. The molecule has 1 spiro atoms. The van der Waals surface area contributed by atoms with Gasteiger partial charge in [-0.3, -0.25) is 9.69 Å². The van der Waals surface area contributed by atoms with E-state index >= 15 is 0 Å². The fourth-order valence-electron chi connectivity index (χ4n) is 7.53. The third-order valence-corrected chi connectivity index (χ3v) is 9.89. The number of fused-ring (bicyclic) bond motifs is 3. The maximum Gasteiger partial charge on any atom is 0.339 e. The van der Waals surface area contributed by atoms with E-state index in [1.54, 1.807) is 7.11 Å². The van der Waals surface area contributed by atoms with Crippen molar-refractivity contribution in [2.45, 2.75) is 94.5 Å². The number of carbonyl (C=O) groups excluding carboxylic acids is 2. The zero-order valence-corrected chi connectivity index (χ0v) is 24.2. The van der Waals surface area contributed by atoms with E-state index in [-0.39, 0.29) is 29.8 Å². The molecule has 9 heteroatoms. The lowest BCUT2D eigenvalue weighted by Crippen LogP contribution is -2.54. The fraction of sp³-hybridized carbons (Fsp3) is 0.667. The summed E-state index contributed by atoms with van der Waals surface area (Å²) in [4.78, 5) is 29.7. The molecule has 5 aliphatic rings. The van der Waals surface area contributed by atoms with Crippen LogP contribution in [-0.2, 0) is 30.2 Å². The number of methoxy groups -OCH3 is 1. The molecule has 1 aliphatic carbocycles. The molecule has 1 unspecified atom stereocenters. The number of hydrogen-bond acceptors (Lipinski definition) is 9. The van der Waals surface area contributed by atoms with Gasteiger partial charge in [-0.05, 0) is 94.0 Å². The fourth-order valence-corrected chi connectivity index (χ4v) is 8.19. The minimum absolute atomic E-state index is 0.00370. The molecule has 0 amide bonds. The topological polar surface area (TPSA) is 83.5 Å². The number of hydrogen-bond donors (Lipinski definition) is 0. The van der Waals surface area contributed by atoms with Gasteiger partial charge in [-0.25, -0.2) is 4.79 Å². The van der Waals surface area contributed by atoms with Crippen LogP contribution in [0.3, 0.4) is 0 Å². The Hall–Kier alpha value is -2.23. The van der Waals surface area contributed by atoms with Gasteiger partial charge >= 0.3 is 5.97 Å². The van der Waals surface area contributed by atoms with Crippen LogP contribution in [-0.4, -0.2) is 71.6 Å². The van der Waals surface area contributed by atoms with Crippen molar-refractivity contribution in [2.24, 2.45) is 0 Å². The molecule has 1 aromatic carbocycles. The smallest absolute Gasteiger partial charge is 0.339 e. The van der Waals surface area contributed by atoms with Crippen LogP contribution in [0.25, 0.3) is 0 Å². The quantitative estimate of drug-likeness (QED) is 0.461. The Balaban J connectivity index is 1.40. The molecule has 6 rings (SSSR count). The Kier molecular flexibility index (Phi) is 6.91. The van der Waals surface area contributed by atoms with E-state index in [4.69, 9.17) is 23.7 Å². The third-order valence-electron chi connectivity index (χ3n) is 9.14. The number of benzene rings is 1. The van der Waals surface area contributed by atoms with Crippen molar-refractivity contribution in [1.29, 1.82) is 0 Å². The highest BCUT2D eigenvalue weighted by Crippen LogP contribution is 2.56. The van der Waals surface area contributed by atoms with Gasteiger partial charge in [0.2, 0.25) is 6.79 Å². The van der Waals surface area contributed by atoms with E-state index in [2.05, 4.69) is 23.1 Å². The van der Waals surface area contributed by atoms with E-state index in [9.17, 15) is 9.59 Å². The maximum absolute atomic E-state index is 14.3. The number of carbonyl (C=O) groups is 2. The van der Waals surface area contributed by atoms with Crippen LogP contribution in [0, 0.1) is 0 Å². The lowest BCUT2D eigenvalue weighted by atomic mass is 9.77. The van der Waals surface area contributed by atoms with E-state index in [0.717, 1.165) is 62.3 Å². The van der Waals surface area contributed by atoms with Gasteiger partial charge in [-0.15, -0.1) is 0 Å². The molecule has 1 aromatic rings. The largest absolute Gasteiger partial charge is 0.497 e. The van der Waals surface area contributed by atoms with Crippen LogP contribution < -0.4 is 9.47 Å². The highest BCUT2D eigenvalue weighted by Gasteiger charge is 2.59. The van der Waals surface area contributed by atoms with Crippen LogP contribution in [0.5, 0.6) is 11.5 Å². The second kappa shape index (κ2) is 10.00. The zero-order valence-electron chi connectivity index (χ0n) is 23.4. The van der Waals surface area contributed by atoms with E-state index in [0.29, 0.717) is 17.9 Å². The summed E-state index contributed by atoms with van der Waals surface area (Å²) in [7, 11) is 1.64. The second-order valence-electron chi connectivity index (χ2n) is 12.0. The average Bonchev–Trinajstić information content (AvgIpc) is 3.57. The highest BCUT2D eigenvalue weighted by molar-refractivity contribution is 8.13. The molecule has 4 aliphatic heterocycles. The Bertz CT molecular complexity index is 1200. The summed E-state index contributed by atoms with van der Waals surface area (Å²) in [6, 6.07) is 4.17. The maximum atomic E-state index is 14.3. The predicted octanol–water partition coefficient (Wildman–Crippen LogP) is 4.73. The van der Waals surface area contributed by atoms with Gasteiger partial charge < -0.3 is 23.7 Å². The normalized spacial score (nSPS) is 32.5. The van der Waals surface area contributed by atoms with Crippen molar-refractivity contribution in [1.82, 2.24) is 4.90 Å². The molecule has 4 atom stereocenters. The molecular weight excluding hydrogens is 518 g/mol. The molecule has 0 radical (unpaired) electrons. The van der Waals surface area contributed by atoms with Crippen molar-refractivity contribution >= 4 is 22.8 Å². The van der Waals surface area contributed by atoms with Crippen molar-refractivity contribution < 1.29 is 33.3 Å². The van der Waals surface area contributed by atoms with Crippen LogP contribution >= 0.6 is 11.8 Å². The van der Waals surface area contributed by atoms with Gasteiger partial charge in [0.05, 0.1) is 30.6 Å². The Morgan fingerprint density at radius 1 is 1.10 bits per heavy atom. The first-order valence-corrected chi connectivity index (χ1v) is 15.2. The Labute approximate surface area is 234 Å². The predicted molar refractivity (Wildman–Crippen MR) is 147 cm³/mol. The van der Waals surface area contributed by atoms with Crippen molar-refractivity contribution in [3.8, 4) is 11.5 Å². The minimum Gasteiger partial charge on any atom is -0.497 e. The van der Waals surface area contributed by atoms with Crippen LogP contribution in [0.1, 0.15) is 76.3 Å². The van der Waals surface area contributed by atoms with Gasteiger partial charge in [-0.2, -0.15) is 0 Å². The molecule has 8 nitrogen and oxygen atoms in total. The molecule has 2 saturated heterocycles. The van der Waals surface area contributed by atoms with E-state index in [1.807, 2.05) is 20.8 Å². The Morgan fingerprint density at radius 3 is 2.64 bits per heavy atom. The van der Waals surface area contributed by atoms with Crippen molar-refractivity contribution in [3.63, 3.8) is 0 Å². The van der Waals surface area contributed by atoms with Gasteiger partial charge in [0.15, 0.2) is 28.3 Å². The van der Waals surface area contributed by atoms with Gasteiger partial charge in [0.25, 0.3) is 0 Å². The van der Waals surface area contributed by atoms with E-state index < -0.39 is 23.3 Å². The Morgan fingerprint density at radius 2 is 1.90 bits per heavy atom. The van der Waals surface area contributed by atoms with Crippen LogP contribution in [0.15, 0.2) is 24.0 Å². The average molecular weight is 558 g/mol. The number of nitrogens with zero attached hydrogens (tertiary/aromatic N) is 1. The molecule has 0 N–H and O–H groups in total. The molecule has 4 heterocycles. The molecule has 0 saturated carbocycles. The first-order valence-electron chi connectivity index (χ1n) is 14.2. The summed E-state index contributed by atoms with van der Waals surface area (Å²) < 4.78 is 30.4. The lowest BCUT2D eigenvalue weighted by molar-refractivity contribution is -0.213. The lowest BCUT2D eigenvalue weighted by Gasteiger charge is -2.44. The summed E-state index contributed by atoms with van der Waals surface area (Å²) in [6.07, 6.45) is 6.53. The monoisotopic (exact) mass is 557 g/mol. The summed E-state index contributed by atoms with van der Waals surface area (Å²) in [5.41, 5.74) is 0.141. The molecule has 2 fully saturated rings. The van der Waals surface area contributed by atoms with Gasteiger partial charge in [0.1, 0.15) is 5.76 Å². The molecule has 0 bridgehead atoms. The molecule has 39 heavy (non-hydrogen) atoms. The number of esters is 1. The summed E-state index contributed by atoms with van der Waals surface area (Å²) in [5, 5.41) is -0.0490. The zero-order chi connectivity index (χ0) is 27.4. The first kappa shape index (κ1) is 27.0. The molecular formula is C30H39NO7S. The second-order valence-corrected chi connectivity index (χ2v) is 13.3. The van der Waals surface area contributed by atoms with E-state index in [1.165, 1.54) is 17.3 Å². The van der Waals surface area contributed by atoms with Gasteiger partial charge in [-0.1, -0.05) is 18.7 Å². The van der Waals surface area contributed by atoms with Gasteiger partial charge in [0, 0.05) is 6.54 Å². The van der Waals surface area contributed by atoms with Crippen LogP contribution in [0.2, 0.25) is 0 Å². The third kappa shape index (κ3) is 4.54. The summed E-state index contributed by atoms with van der Waals surface area (Å²) in [5.74, 6) is 2.16. The van der Waals surface area contributed by atoms with Crippen molar-refractivity contribution in [2.75, 3.05) is 32.7 Å². The van der Waals surface area contributed by atoms with Crippen molar-refractivity contribution in [3.05, 3.63) is 35.1 Å². The molecule has 0 aromatic heterocycles. The van der Waals surface area contributed by atoms with Crippen LogP contribution in [0.4, 0.5) is 0 Å². The standard InChI is InChI=1S/C30H39NO7S/c1-5-39-24(32)17-30(11-6-9-28(2,3)38-30)27(33)37-26-23(34-4)16-29-10-7-12-31(29)13-8-19-14-21-22(36-18-35-21)15-20(19)25(26)29/h14-16,25-26H,5-13,17-18H2,1-4H3/t25-,26?,29-,30-/m1/s1. The molecule has 212 valence electrons. The first-order chi connectivity index (χ1) is 18.7. The minimum atomic E-state index is -1.31.